The van der Waals surface area contributed by atoms with Gasteiger partial charge in [-0.2, -0.15) is 0 Å². The lowest BCUT2D eigenvalue weighted by Gasteiger charge is -2.19. The van der Waals surface area contributed by atoms with Gasteiger partial charge in [0.2, 0.25) is 0 Å². The lowest BCUT2D eigenvalue weighted by molar-refractivity contribution is 0.0544. The van der Waals surface area contributed by atoms with Crippen LogP contribution in [0.2, 0.25) is 0 Å². The number of rotatable bonds is 3. The molecule has 0 aliphatic carbocycles. The minimum absolute atomic E-state index is 0.481. The molecule has 0 saturated heterocycles. The summed E-state index contributed by atoms with van der Waals surface area (Å²) in [6, 6.07) is 5.75. The molecule has 0 radical (unpaired) electrons. The van der Waals surface area contributed by atoms with Crippen LogP contribution in [0.25, 0.3) is 10.9 Å². The van der Waals surface area contributed by atoms with Crippen molar-refractivity contribution >= 4 is 23.3 Å². The highest BCUT2D eigenvalue weighted by Crippen LogP contribution is 2.23. The zero-order valence-corrected chi connectivity index (χ0v) is 13.7. The second kappa shape index (κ2) is 5.93. The largest absolute Gasteiger partial charge is 0.443 e. The summed E-state index contributed by atoms with van der Waals surface area (Å²) in [5, 5.41) is 0.764. The molecule has 2 rings (SSSR count). The van der Waals surface area contributed by atoms with Gasteiger partial charge >= 0.3 is 6.09 Å². The van der Waals surface area contributed by atoms with Crippen molar-refractivity contribution in [3.05, 3.63) is 35.5 Å². The molecule has 0 aliphatic heterocycles. The highest BCUT2D eigenvalue weighted by atomic mass is 16.6. The second-order valence-electron chi connectivity index (χ2n) is 6.64. The number of aromatic nitrogens is 1. The lowest BCUT2D eigenvalue weighted by atomic mass is 10.1. The Hall–Kier alpha value is -2.14. The maximum atomic E-state index is 12.3. The molecular formula is C17H22N2O3. The van der Waals surface area contributed by atoms with E-state index in [9.17, 15) is 9.59 Å². The molecule has 0 unspecified atom stereocenters. The summed E-state index contributed by atoms with van der Waals surface area (Å²) < 4.78 is 6.78. The Morgan fingerprint density at radius 1 is 1.32 bits per heavy atom. The number of aldehydes is 1. The highest BCUT2D eigenvalue weighted by Gasteiger charge is 2.20. The summed E-state index contributed by atoms with van der Waals surface area (Å²) in [5.74, 6) is 0. The van der Waals surface area contributed by atoms with Gasteiger partial charge in [-0.15, -0.1) is 0 Å². The fourth-order valence-electron chi connectivity index (χ4n) is 2.32. The van der Waals surface area contributed by atoms with Gasteiger partial charge in [0.25, 0.3) is 0 Å². The summed E-state index contributed by atoms with van der Waals surface area (Å²) in [4.78, 5) is 25.6. The van der Waals surface area contributed by atoms with Crippen LogP contribution in [0.4, 0.5) is 4.79 Å². The van der Waals surface area contributed by atoms with Gasteiger partial charge in [-0.05, 0) is 52.6 Å². The highest BCUT2D eigenvalue weighted by molar-refractivity contribution is 6.01. The molecular weight excluding hydrogens is 280 g/mol. The number of carbonyl (C=O) groups excluding carboxylic acids is 2. The predicted molar refractivity (Wildman–Crippen MR) is 86.3 cm³/mol. The van der Waals surface area contributed by atoms with Gasteiger partial charge in [-0.25, -0.2) is 4.79 Å². The molecule has 0 fully saturated rings. The first-order chi connectivity index (χ1) is 10.2. The maximum Gasteiger partial charge on any atom is 0.419 e. The first-order valence-electron chi connectivity index (χ1n) is 7.18. The van der Waals surface area contributed by atoms with Crippen molar-refractivity contribution < 1.29 is 14.3 Å². The van der Waals surface area contributed by atoms with Crippen LogP contribution in [0, 0.1) is 0 Å². The van der Waals surface area contributed by atoms with Crippen molar-refractivity contribution in [2.75, 3.05) is 14.1 Å². The average Bonchev–Trinajstić information content (AvgIpc) is 2.74. The molecule has 118 valence electrons. The summed E-state index contributed by atoms with van der Waals surface area (Å²) in [6.07, 6.45) is 1.82. The number of nitrogens with zero attached hydrogens (tertiary/aromatic N) is 2. The Morgan fingerprint density at radius 3 is 2.55 bits per heavy atom. The van der Waals surface area contributed by atoms with E-state index in [1.54, 1.807) is 0 Å². The number of hydrogen-bond acceptors (Lipinski definition) is 4. The summed E-state index contributed by atoms with van der Waals surface area (Å²) in [5.41, 5.74) is 1.67. The van der Waals surface area contributed by atoms with Gasteiger partial charge in [0.1, 0.15) is 5.60 Å². The van der Waals surface area contributed by atoms with E-state index in [0.717, 1.165) is 23.8 Å². The van der Waals surface area contributed by atoms with Crippen LogP contribution in [-0.2, 0) is 11.3 Å². The van der Waals surface area contributed by atoms with E-state index in [0.29, 0.717) is 11.1 Å². The SMILES string of the molecule is CN(C)Cc1ccc2c(c1)c(C=O)cn2C(=O)OC(C)(C)C. The summed E-state index contributed by atoms with van der Waals surface area (Å²) in [6.45, 7) is 6.21. The third-order valence-electron chi connectivity index (χ3n) is 3.12. The zero-order valence-electron chi connectivity index (χ0n) is 13.7. The van der Waals surface area contributed by atoms with Crippen LogP contribution in [0.1, 0.15) is 36.7 Å². The molecule has 22 heavy (non-hydrogen) atoms. The first-order valence-corrected chi connectivity index (χ1v) is 7.18. The molecule has 1 aromatic heterocycles. The molecule has 1 aromatic carbocycles. The Balaban J connectivity index is 2.49. The van der Waals surface area contributed by atoms with E-state index in [-0.39, 0.29) is 0 Å². The normalized spacial score (nSPS) is 11.9. The van der Waals surface area contributed by atoms with Crippen LogP contribution in [0.15, 0.2) is 24.4 Å². The minimum atomic E-state index is -0.583. The Bertz CT molecular complexity index is 708. The fraction of sp³-hybridized carbons (Fsp3) is 0.412. The minimum Gasteiger partial charge on any atom is -0.443 e. The molecule has 0 atom stereocenters. The number of benzene rings is 1. The first kappa shape index (κ1) is 16.2. The summed E-state index contributed by atoms with van der Waals surface area (Å²) >= 11 is 0. The monoisotopic (exact) mass is 302 g/mol. The maximum absolute atomic E-state index is 12.3. The smallest absolute Gasteiger partial charge is 0.419 e. The molecule has 0 saturated carbocycles. The zero-order chi connectivity index (χ0) is 16.5. The van der Waals surface area contributed by atoms with Crippen molar-refractivity contribution in [1.29, 1.82) is 0 Å². The van der Waals surface area contributed by atoms with Crippen molar-refractivity contribution in [2.45, 2.75) is 32.9 Å². The van der Waals surface area contributed by atoms with Crippen LogP contribution in [0.3, 0.4) is 0 Å². The van der Waals surface area contributed by atoms with E-state index in [2.05, 4.69) is 0 Å². The van der Waals surface area contributed by atoms with Gasteiger partial charge in [-0.1, -0.05) is 6.07 Å². The second-order valence-corrected chi connectivity index (χ2v) is 6.64. The van der Waals surface area contributed by atoms with Gasteiger partial charge < -0.3 is 9.64 Å². The molecule has 0 amide bonds. The van der Waals surface area contributed by atoms with Crippen LogP contribution >= 0.6 is 0 Å². The number of fused-ring (bicyclic) bond motifs is 1. The van der Waals surface area contributed by atoms with Gasteiger partial charge in [-0.3, -0.25) is 9.36 Å². The molecule has 0 spiro atoms. The quantitative estimate of drug-likeness (QED) is 0.816. The lowest BCUT2D eigenvalue weighted by Crippen LogP contribution is -2.26. The summed E-state index contributed by atoms with van der Waals surface area (Å²) in [7, 11) is 3.97. The number of ether oxygens (including phenoxy) is 1. The average molecular weight is 302 g/mol. The van der Waals surface area contributed by atoms with Gasteiger partial charge in [0.05, 0.1) is 5.52 Å². The van der Waals surface area contributed by atoms with E-state index >= 15 is 0 Å². The molecule has 0 N–H and O–H groups in total. The molecule has 2 aromatic rings. The Morgan fingerprint density at radius 2 is 2.00 bits per heavy atom. The van der Waals surface area contributed by atoms with Crippen LogP contribution in [-0.4, -0.2) is 41.5 Å². The van der Waals surface area contributed by atoms with Crippen LogP contribution < -0.4 is 0 Å². The van der Waals surface area contributed by atoms with E-state index in [1.807, 2.05) is 58.0 Å². The molecule has 0 aliphatic rings. The van der Waals surface area contributed by atoms with Crippen LogP contribution in [0.5, 0.6) is 0 Å². The van der Waals surface area contributed by atoms with E-state index in [4.69, 9.17) is 4.74 Å². The molecule has 5 heteroatoms. The van der Waals surface area contributed by atoms with Crippen molar-refractivity contribution in [3.8, 4) is 0 Å². The molecule has 0 bridgehead atoms. The van der Waals surface area contributed by atoms with Gasteiger partial charge in [0, 0.05) is 23.7 Å². The topological polar surface area (TPSA) is 51.5 Å². The van der Waals surface area contributed by atoms with Crippen molar-refractivity contribution in [3.63, 3.8) is 0 Å². The Kier molecular flexibility index (Phi) is 4.37. The third-order valence-corrected chi connectivity index (χ3v) is 3.12. The van der Waals surface area contributed by atoms with E-state index in [1.165, 1.54) is 10.8 Å². The number of carbonyl (C=O) groups is 2. The van der Waals surface area contributed by atoms with Crippen molar-refractivity contribution in [1.82, 2.24) is 9.47 Å². The molecule has 5 nitrogen and oxygen atoms in total. The van der Waals surface area contributed by atoms with E-state index < -0.39 is 11.7 Å². The van der Waals surface area contributed by atoms with Crippen molar-refractivity contribution in [2.24, 2.45) is 0 Å². The molecule has 1 heterocycles. The van der Waals surface area contributed by atoms with Gasteiger partial charge in [0.15, 0.2) is 6.29 Å². The predicted octanol–water partition coefficient (Wildman–Crippen LogP) is 3.30. The standard InChI is InChI=1S/C17H22N2O3/c1-17(2,3)22-16(21)19-10-13(11-20)14-8-12(9-18(4)5)6-7-15(14)19/h6-8,10-11H,9H2,1-5H3. The number of hydrogen-bond donors (Lipinski definition) is 0. The fourth-order valence-corrected chi connectivity index (χ4v) is 2.32. The Labute approximate surface area is 130 Å². The third kappa shape index (κ3) is 3.54.